The van der Waals surface area contributed by atoms with Gasteiger partial charge in [0.25, 0.3) is 0 Å². The normalized spacial score (nSPS) is 15.1. The number of hydrogen-bond acceptors (Lipinski definition) is 3. The standard InChI is InChI=1S/C15H17FN4O.ClH/c16-13-3-1-2-4-14(13)20-10-12(9-18-20)19-15(21)11-5-7-17-8-6-11;/h1-4,9-11,17H,5-8H2,(H,19,21);1H. The van der Waals surface area contributed by atoms with Crippen LogP contribution in [0, 0.1) is 11.7 Å². The fourth-order valence-electron chi connectivity index (χ4n) is 2.49. The Morgan fingerprint density at radius 1 is 1.32 bits per heavy atom. The molecule has 1 saturated heterocycles. The summed E-state index contributed by atoms with van der Waals surface area (Å²) < 4.78 is 15.1. The van der Waals surface area contributed by atoms with Gasteiger partial charge in [0.15, 0.2) is 0 Å². The first-order chi connectivity index (χ1) is 10.2. The van der Waals surface area contributed by atoms with Crippen molar-refractivity contribution in [1.29, 1.82) is 0 Å². The Bertz CT molecular complexity index is 640. The molecule has 1 aromatic heterocycles. The Labute approximate surface area is 134 Å². The lowest BCUT2D eigenvalue weighted by Gasteiger charge is -2.21. The maximum Gasteiger partial charge on any atom is 0.227 e. The van der Waals surface area contributed by atoms with Crippen LogP contribution in [0.5, 0.6) is 0 Å². The Morgan fingerprint density at radius 3 is 2.77 bits per heavy atom. The second-order valence-corrected chi connectivity index (χ2v) is 5.14. The molecule has 118 valence electrons. The molecule has 2 N–H and O–H groups in total. The van der Waals surface area contributed by atoms with E-state index in [1.54, 1.807) is 24.4 Å². The quantitative estimate of drug-likeness (QED) is 0.911. The van der Waals surface area contributed by atoms with Crippen LogP contribution in [0.2, 0.25) is 0 Å². The third kappa shape index (κ3) is 3.64. The van der Waals surface area contributed by atoms with Gasteiger partial charge < -0.3 is 10.6 Å². The molecule has 1 aliphatic rings. The number of nitrogens with one attached hydrogen (secondary N) is 2. The van der Waals surface area contributed by atoms with E-state index in [2.05, 4.69) is 15.7 Å². The van der Waals surface area contributed by atoms with Gasteiger partial charge in [0.2, 0.25) is 5.91 Å². The lowest BCUT2D eigenvalue weighted by atomic mass is 9.97. The van der Waals surface area contributed by atoms with Gasteiger partial charge in [-0.25, -0.2) is 9.07 Å². The van der Waals surface area contributed by atoms with Crippen LogP contribution in [0.15, 0.2) is 36.7 Å². The molecule has 3 rings (SSSR count). The molecular formula is C15H18ClFN4O. The van der Waals surface area contributed by atoms with Crippen molar-refractivity contribution in [3.8, 4) is 5.69 Å². The largest absolute Gasteiger partial charge is 0.323 e. The van der Waals surface area contributed by atoms with Gasteiger partial charge in [-0.1, -0.05) is 12.1 Å². The molecular weight excluding hydrogens is 307 g/mol. The zero-order valence-corrected chi connectivity index (χ0v) is 12.8. The third-order valence-electron chi connectivity index (χ3n) is 3.66. The Morgan fingerprint density at radius 2 is 2.05 bits per heavy atom. The first kappa shape index (κ1) is 16.5. The van der Waals surface area contributed by atoms with E-state index in [0.29, 0.717) is 11.4 Å². The summed E-state index contributed by atoms with van der Waals surface area (Å²) in [5.41, 5.74) is 0.946. The van der Waals surface area contributed by atoms with Crippen LogP contribution < -0.4 is 10.6 Å². The third-order valence-corrected chi connectivity index (χ3v) is 3.66. The van der Waals surface area contributed by atoms with Crippen LogP contribution in [0.1, 0.15) is 12.8 Å². The first-order valence-corrected chi connectivity index (χ1v) is 7.05. The number of aromatic nitrogens is 2. The van der Waals surface area contributed by atoms with Gasteiger partial charge in [-0.05, 0) is 38.1 Å². The molecule has 7 heteroatoms. The predicted octanol–water partition coefficient (Wildman–Crippen LogP) is 2.37. The number of carbonyl (C=O) groups is 1. The maximum absolute atomic E-state index is 13.7. The maximum atomic E-state index is 13.7. The van der Waals surface area contributed by atoms with E-state index in [9.17, 15) is 9.18 Å². The number of para-hydroxylation sites is 1. The number of benzene rings is 1. The topological polar surface area (TPSA) is 59.0 Å². The minimum atomic E-state index is -0.350. The van der Waals surface area contributed by atoms with Crippen LogP contribution in [-0.4, -0.2) is 28.8 Å². The van der Waals surface area contributed by atoms with Crippen molar-refractivity contribution < 1.29 is 9.18 Å². The molecule has 1 amide bonds. The first-order valence-electron chi connectivity index (χ1n) is 7.05. The van der Waals surface area contributed by atoms with Crippen molar-refractivity contribution in [3.63, 3.8) is 0 Å². The van der Waals surface area contributed by atoms with Crippen molar-refractivity contribution in [1.82, 2.24) is 15.1 Å². The molecule has 0 saturated carbocycles. The number of amides is 1. The molecule has 0 aliphatic carbocycles. The van der Waals surface area contributed by atoms with Crippen LogP contribution >= 0.6 is 12.4 Å². The highest BCUT2D eigenvalue weighted by Crippen LogP contribution is 2.17. The monoisotopic (exact) mass is 324 g/mol. The summed E-state index contributed by atoms with van der Waals surface area (Å²) in [6, 6.07) is 6.39. The van der Waals surface area contributed by atoms with Crippen LogP contribution in [0.25, 0.3) is 5.69 Å². The summed E-state index contributed by atoms with van der Waals surface area (Å²) in [7, 11) is 0. The molecule has 0 spiro atoms. The van der Waals surface area contributed by atoms with Crippen LogP contribution in [-0.2, 0) is 4.79 Å². The van der Waals surface area contributed by atoms with Gasteiger partial charge in [-0.3, -0.25) is 4.79 Å². The highest BCUT2D eigenvalue weighted by Gasteiger charge is 2.21. The molecule has 1 aromatic carbocycles. The van der Waals surface area contributed by atoms with E-state index in [0.717, 1.165) is 25.9 Å². The van der Waals surface area contributed by atoms with Crippen molar-refractivity contribution in [2.24, 2.45) is 5.92 Å². The molecule has 22 heavy (non-hydrogen) atoms. The molecule has 2 heterocycles. The second-order valence-electron chi connectivity index (χ2n) is 5.14. The fraction of sp³-hybridized carbons (Fsp3) is 0.333. The minimum absolute atomic E-state index is 0. The van der Waals surface area contributed by atoms with Gasteiger partial charge in [-0.15, -0.1) is 12.4 Å². The summed E-state index contributed by atoms with van der Waals surface area (Å²) in [6.45, 7) is 1.74. The summed E-state index contributed by atoms with van der Waals surface area (Å²) >= 11 is 0. The fourth-order valence-corrected chi connectivity index (χ4v) is 2.49. The van der Waals surface area contributed by atoms with E-state index >= 15 is 0 Å². The highest BCUT2D eigenvalue weighted by atomic mass is 35.5. The molecule has 0 radical (unpaired) electrons. The van der Waals surface area contributed by atoms with E-state index in [1.807, 2.05) is 0 Å². The average molecular weight is 325 g/mol. The zero-order chi connectivity index (χ0) is 14.7. The summed E-state index contributed by atoms with van der Waals surface area (Å²) in [5, 5.41) is 10.2. The molecule has 0 atom stereocenters. The van der Waals surface area contributed by atoms with E-state index in [4.69, 9.17) is 0 Å². The number of piperidine rings is 1. The van der Waals surface area contributed by atoms with Crippen LogP contribution in [0.4, 0.5) is 10.1 Å². The highest BCUT2D eigenvalue weighted by molar-refractivity contribution is 5.92. The number of anilines is 1. The van der Waals surface area contributed by atoms with Crippen molar-refractivity contribution in [3.05, 3.63) is 42.5 Å². The molecule has 0 unspecified atom stereocenters. The summed E-state index contributed by atoms with van der Waals surface area (Å²) in [6.07, 6.45) is 4.84. The lowest BCUT2D eigenvalue weighted by Crippen LogP contribution is -2.34. The number of carbonyl (C=O) groups excluding carboxylic acids is 1. The Balaban J connectivity index is 0.00000176. The van der Waals surface area contributed by atoms with Gasteiger partial charge >= 0.3 is 0 Å². The Kier molecular flexibility index (Phi) is 5.51. The van der Waals surface area contributed by atoms with Crippen molar-refractivity contribution in [2.75, 3.05) is 18.4 Å². The lowest BCUT2D eigenvalue weighted by molar-refractivity contribution is -0.120. The van der Waals surface area contributed by atoms with Crippen molar-refractivity contribution in [2.45, 2.75) is 12.8 Å². The molecule has 0 bridgehead atoms. The zero-order valence-electron chi connectivity index (χ0n) is 12.0. The van der Waals surface area contributed by atoms with E-state index in [-0.39, 0.29) is 30.0 Å². The molecule has 1 aliphatic heterocycles. The Hall–Kier alpha value is -1.92. The van der Waals surface area contributed by atoms with Gasteiger partial charge in [0.05, 0.1) is 18.1 Å². The number of hydrogen-bond donors (Lipinski definition) is 2. The van der Waals surface area contributed by atoms with E-state index in [1.165, 1.54) is 16.9 Å². The average Bonchev–Trinajstić information content (AvgIpc) is 2.97. The summed E-state index contributed by atoms with van der Waals surface area (Å²) in [5.74, 6) is -0.315. The SMILES string of the molecule is Cl.O=C(Nc1cnn(-c2ccccc2F)c1)C1CCNCC1. The van der Waals surface area contributed by atoms with Gasteiger partial charge in [0.1, 0.15) is 11.5 Å². The number of rotatable bonds is 3. The van der Waals surface area contributed by atoms with Gasteiger partial charge in [0, 0.05) is 5.92 Å². The molecule has 5 nitrogen and oxygen atoms in total. The van der Waals surface area contributed by atoms with Gasteiger partial charge in [-0.2, -0.15) is 5.10 Å². The van der Waals surface area contributed by atoms with Crippen molar-refractivity contribution >= 4 is 24.0 Å². The van der Waals surface area contributed by atoms with Crippen LogP contribution in [0.3, 0.4) is 0 Å². The minimum Gasteiger partial charge on any atom is -0.323 e. The number of nitrogens with zero attached hydrogens (tertiary/aromatic N) is 2. The second kappa shape index (κ2) is 7.38. The molecule has 1 fully saturated rings. The predicted molar refractivity (Wildman–Crippen MR) is 85.0 cm³/mol. The van der Waals surface area contributed by atoms with E-state index < -0.39 is 0 Å². The summed E-state index contributed by atoms with van der Waals surface area (Å²) in [4.78, 5) is 12.1. The molecule has 2 aromatic rings. The smallest absolute Gasteiger partial charge is 0.227 e. The number of halogens is 2.